The highest BCUT2D eigenvalue weighted by Crippen LogP contribution is 2.15. The van der Waals surface area contributed by atoms with E-state index in [1.807, 2.05) is 12.1 Å². The number of halogens is 1. The predicted molar refractivity (Wildman–Crippen MR) is 92.7 cm³/mol. The first-order valence-electron chi connectivity index (χ1n) is 8.17. The Bertz CT molecular complexity index is 483. The Morgan fingerprint density at radius 1 is 1.27 bits per heavy atom. The van der Waals surface area contributed by atoms with Crippen molar-refractivity contribution in [3.63, 3.8) is 0 Å². The van der Waals surface area contributed by atoms with Crippen LogP contribution in [-0.4, -0.2) is 43.0 Å². The molecule has 5 heteroatoms. The number of nitrogens with zero attached hydrogens (tertiary/aromatic N) is 1. The smallest absolute Gasteiger partial charge is 0.241 e. The van der Waals surface area contributed by atoms with Crippen LogP contribution in [0, 0.1) is 0 Å². The average Bonchev–Trinajstić information content (AvgIpc) is 3.19. The van der Waals surface area contributed by atoms with E-state index in [2.05, 4.69) is 27.7 Å². The minimum atomic E-state index is -0.0155. The SMILES string of the molecule is Cl.O=C(Nc1cccc(CCN2CCCC2)c1)C1CCCN1. The Labute approximate surface area is 139 Å². The van der Waals surface area contributed by atoms with Gasteiger partial charge in [0.15, 0.2) is 0 Å². The van der Waals surface area contributed by atoms with E-state index in [0.717, 1.165) is 38.0 Å². The maximum atomic E-state index is 12.1. The zero-order valence-corrected chi connectivity index (χ0v) is 13.8. The molecular formula is C17H26ClN3O. The number of hydrogen-bond donors (Lipinski definition) is 2. The molecule has 4 nitrogen and oxygen atoms in total. The van der Waals surface area contributed by atoms with Crippen molar-refractivity contribution in [2.45, 2.75) is 38.1 Å². The van der Waals surface area contributed by atoms with Gasteiger partial charge >= 0.3 is 0 Å². The number of carbonyl (C=O) groups is 1. The van der Waals surface area contributed by atoms with Gasteiger partial charge in [-0.3, -0.25) is 4.79 Å². The molecule has 1 aromatic rings. The first-order chi connectivity index (χ1) is 10.3. The van der Waals surface area contributed by atoms with Crippen molar-refractivity contribution in [3.05, 3.63) is 29.8 Å². The van der Waals surface area contributed by atoms with E-state index in [-0.39, 0.29) is 24.4 Å². The van der Waals surface area contributed by atoms with Crippen molar-refractivity contribution < 1.29 is 4.79 Å². The quantitative estimate of drug-likeness (QED) is 0.874. The summed E-state index contributed by atoms with van der Waals surface area (Å²) in [6.45, 7) is 4.56. The van der Waals surface area contributed by atoms with Crippen LogP contribution in [0.25, 0.3) is 0 Å². The molecule has 2 saturated heterocycles. The predicted octanol–water partition coefficient (Wildman–Crippen LogP) is 2.44. The number of rotatable bonds is 5. The molecule has 22 heavy (non-hydrogen) atoms. The van der Waals surface area contributed by atoms with Crippen LogP contribution < -0.4 is 10.6 Å². The molecule has 2 aliphatic rings. The van der Waals surface area contributed by atoms with Gasteiger partial charge in [0.1, 0.15) is 0 Å². The Morgan fingerprint density at radius 3 is 2.82 bits per heavy atom. The maximum Gasteiger partial charge on any atom is 0.241 e. The van der Waals surface area contributed by atoms with Crippen molar-refractivity contribution in [2.75, 3.05) is 31.5 Å². The van der Waals surface area contributed by atoms with E-state index >= 15 is 0 Å². The lowest BCUT2D eigenvalue weighted by molar-refractivity contribution is -0.117. The second kappa shape index (κ2) is 8.51. The molecule has 0 bridgehead atoms. The van der Waals surface area contributed by atoms with Gasteiger partial charge in [-0.25, -0.2) is 0 Å². The Hall–Kier alpha value is -1.10. The zero-order valence-electron chi connectivity index (χ0n) is 13.0. The first kappa shape index (κ1) is 17.3. The molecule has 1 amide bonds. The number of benzene rings is 1. The highest BCUT2D eigenvalue weighted by atomic mass is 35.5. The molecule has 0 saturated carbocycles. The van der Waals surface area contributed by atoms with Crippen LogP contribution in [-0.2, 0) is 11.2 Å². The number of nitrogens with one attached hydrogen (secondary N) is 2. The van der Waals surface area contributed by atoms with Crippen LogP contribution in [0.1, 0.15) is 31.2 Å². The number of carbonyl (C=O) groups excluding carboxylic acids is 1. The molecule has 0 aromatic heterocycles. The van der Waals surface area contributed by atoms with Gasteiger partial charge in [-0.2, -0.15) is 0 Å². The third kappa shape index (κ3) is 4.70. The molecule has 0 radical (unpaired) electrons. The van der Waals surface area contributed by atoms with Crippen LogP contribution >= 0.6 is 12.4 Å². The van der Waals surface area contributed by atoms with Crippen molar-refractivity contribution >= 4 is 24.0 Å². The lowest BCUT2D eigenvalue weighted by Gasteiger charge is -2.15. The molecule has 1 unspecified atom stereocenters. The minimum absolute atomic E-state index is 0. The number of likely N-dealkylation sites (tertiary alicyclic amines) is 1. The minimum Gasteiger partial charge on any atom is -0.325 e. The van der Waals surface area contributed by atoms with Crippen LogP contribution in [0.5, 0.6) is 0 Å². The molecule has 3 rings (SSSR count). The van der Waals surface area contributed by atoms with E-state index in [1.165, 1.54) is 31.5 Å². The topological polar surface area (TPSA) is 44.4 Å². The van der Waals surface area contributed by atoms with Gasteiger partial charge in [0.05, 0.1) is 6.04 Å². The molecule has 0 aliphatic carbocycles. The summed E-state index contributed by atoms with van der Waals surface area (Å²) in [5, 5.41) is 6.27. The summed E-state index contributed by atoms with van der Waals surface area (Å²) >= 11 is 0. The molecule has 2 N–H and O–H groups in total. The summed E-state index contributed by atoms with van der Waals surface area (Å²) in [5.41, 5.74) is 2.23. The third-order valence-corrected chi connectivity index (χ3v) is 4.49. The van der Waals surface area contributed by atoms with E-state index < -0.39 is 0 Å². The second-order valence-corrected chi connectivity index (χ2v) is 6.14. The molecule has 2 aliphatic heterocycles. The average molecular weight is 324 g/mol. The van der Waals surface area contributed by atoms with Crippen LogP contribution in [0.4, 0.5) is 5.69 Å². The van der Waals surface area contributed by atoms with Crippen molar-refractivity contribution in [1.82, 2.24) is 10.2 Å². The van der Waals surface area contributed by atoms with Gasteiger partial charge in [0, 0.05) is 12.2 Å². The van der Waals surface area contributed by atoms with Gasteiger partial charge in [-0.05, 0) is 69.4 Å². The Morgan fingerprint density at radius 2 is 2.09 bits per heavy atom. The van der Waals surface area contributed by atoms with Crippen molar-refractivity contribution in [2.24, 2.45) is 0 Å². The molecule has 2 fully saturated rings. The fraction of sp³-hybridized carbons (Fsp3) is 0.588. The monoisotopic (exact) mass is 323 g/mol. The molecule has 0 spiro atoms. The number of anilines is 1. The van der Waals surface area contributed by atoms with Crippen molar-refractivity contribution in [1.29, 1.82) is 0 Å². The molecular weight excluding hydrogens is 298 g/mol. The fourth-order valence-electron chi connectivity index (χ4n) is 3.24. The maximum absolute atomic E-state index is 12.1. The lowest BCUT2D eigenvalue weighted by Crippen LogP contribution is -2.35. The molecule has 122 valence electrons. The van der Waals surface area contributed by atoms with Gasteiger partial charge in [0.2, 0.25) is 5.91 Å². The van der Waals surface area contributed by atoms with Crippen LogP contribution in [0.2, 0.25) is 0 Å². The van der Waals surface area contributed by atoms with Gasteiger partial charge in [-0.1, -0.05) is 12.1 Å². The third-order valence-electron chi connectivity index (χ3n) is 4.49. The second-order valence-electron chi connectivity index (χ2n) is 6.14. The van der Waals surface area contributed by atoms with Crippen LogP contribution in [0.15, 0.2) is 24.3 Å². The van der Waals surface area contributed by atoms with Crippen molar-refractivity contribution in [3.8, 4) is 0 Å². The van der Waals surface area contributed by atoms with E-state index in [0.29, 0.717) is 0 Å². The number of amides is 1. The Balaban J connectivity index is 0.00000176. The van der Waals surface area contributed by atoms with Gasteiger partial charge in [-0.15, -0.1) is 12.4 Å². The van der Waals surface area contributed by atoms with E-state index in [9.17, 15) is 4.79 Å². The van der Waals surface area contributed by atoms with Gasteiger partial charge < -0.3 is 15.5 Å². The summed E-state index contributed by atoms with van der Waals surface area (Å²) in [6, 6.07) is 8.27. The first-order valence-corrected chi connectivity index (χ1v) is 8.17. The highest BCUT2D eigenvalue weighted by molar-refractivity contribution is 5.95. The molecule has 1 aromatic carbocycles. The highest BCUT2D eigenvalue weighted by Gasteiger charge is 2.21. The summed E-state index contributed by atoms with van der Waals surface area (Å²) < 4.78 is 0. The van der Waals surface area contributed by atoms with E-state index in [4.69, 9.17) is 0 Å². The largest absolute Gasteiger partial charge is 0.325 e. The summed E-state index contributed by atoms with van der Waals surface area (Å²) in [4.78, 5) is 14.6. The zero-order chi connectivity index (χ0) is 14.5. The molecule has 1 atom stereocenters. The standard InChI is InChI=1S/C17H25N3O.ClH/c21-17(16-7-4-9-18-16)19-15-6-3-5-14(13-15)8-12-20-10-1-2-11-20;/h3,5-6,13,16,18H,1-2,4,7-12H2,(H,19,21);1H. The molecule has 2 heterocycles. The van der Waals surface area contributed by atoms with E-state index in [1.54, 1.807) is 0 Å². The summed E-state index contributed by atoms with van der Waals surface area (Å²) in [5.74, 6) is 0.101. The van der Waals surface area contributed by atoms with Crippen LogP contribution in [0.3, 0.4) is 0 Å². The summed E-state index contributed by atoms with van der Waals surface area (Å²) in [6.07, 6.45) is 5.77. The normalized spacial score (nSPS) is 21.5. The fourth-order valence-corrected chi connectivity index (χ4v) is 3.24. The Kier molecular flexibility index (Phi) is 6.68. The lowest BCUT2D eigenvalue weighted by atomic mass is 10.1. The van der Waals surface area contributed by atoms with Gasteiger partial charge in [0.25, 0.3) is 0 Å². The number of hydrogen-bond acceptors (Lipinski definition) is 3. The summed E-state index contributed by atoms with van der Waals surface area (Å²) in [7, 11) is 0.